The molecule has 17 heavy (non-hydrogen) atoms. The van der Waals surface area contributed by atoms with E-state index in [-0.39, 0.29) is 0 Å². The molecule has 4 heteroatoms. The van der Waals surface area contributed by atoms with E-state index in [0.717, 1.165) is 12.5 Å². The van der Waals surface area contributed by atoms with Crippen LogP contribution in [0.4, 0.5) is 5.95 Å². The Labute approximate surface area is 105 Å². The lowest BCUT2D eigenvalue weighted by Crippen LogP contribution is -2.37. The molecule has 1 atom stereocenters. The van der Waals surface area contributed by atoms with E-state index in [1.807, 2.05) is 12.4 Å². The molecule has 1 aromatic rings. The van der Waals surface area contributed by atoms with Gasteiger partial charge in [0.15, 0.2) is 0 Å². The molecule has 0 amide bonds. The van der Waals surface area contributed by atoms with Crippen molar-refractivity contribution in [1.29, 1.82) is 0 Å². The second-order valence-corrected chi connectivity index (χ2v) is 5.51. The molecule has 0 aliphatic rings. The number of rotatable bonds is 6. The first-order valence-electron chi connectivity index (χ1n) is 6.36. The molecule has 0 aromatic carbocycles. The van der Waals surface area contributed by atoms with E-state index in [1.165, 1.54) is 0 Å². The molecule has 0 saturated heterocycles. The second-order valence-electron chi connectivity index (χ2n) is 5.51. The Morgan fingerprint density at radius 2 is 1.94 bits per heavy atom. The predicted molar refractivity (Wildman–Crippen MR) is 73.4 cm³/mol. The third-order valence-electron chi connectivity index (χ3n) is 2.91. The van der Waals surface area contributed by atoms with Gasteiger partial charge in [-0.15, -0.1) is 0 Å². The van der Waals surface area contributed by atoms with Gasteiger partial charge in [-0.25, -0.2) is 4.98 Å². The second kappa shape index (κ2) is 6.05. The summed E-state index contributed by atoms with van der Waals surface area (Å²) in [4.78, 5) is 6.61. The summed E-state index contributed by atoms with van der Waals surface area (Å²) in [5.41, 5.74) is 0. The molecular formula is C13H26N4. The number of nitrogens with zero attached hydrogens (tertiary/aromatic N) is 3. The van der Waals surface area contributed by atoms with Crippen molar-refractivity contribution >= 4 is 5.95 Å². The molecule has 0 aliphatic carbocycles. The zero-order valence-electron chi connectivity index (χ0n) is 11.9. The highest BCUT2D eigenvalue weighted by molar-refractivity contribution is 5.28. The Kier molecular flexibility index (Phi) is 5.00. The summed E-state index contributed by atoms with van der Waals surface area (Å²) in [5.74, 6) is 1.55. The van der Waals surface area contributed by atoms with E-state index in [9.17, 15) is 0 Å². The number of hydrogen-bond acceptors (Lipinski definition) is 3. The van der Waals surface area contributed by atoms with Crippen LogP contribution in [0.2, 0.25) is 0 Å². The quantitative estimate of drug-likeness (QED) is 0.826. The summed E-state index contributed by atoms with van der Waals surface area (Å²) in [5, 5.41) is 3.55. The van der Waals surface area contributed by atoms with Crippen LogP contribution in [0.1, 0.15) is 33.7 Å². The Hall–Kier alpha value is -1.03. The van der Waals surface area contributed by atoms with Crippen LogP contribution in [-0.4, -0.2) is 41.1 Å². The molecule has 0 saturated carbocycles. The number of imidazole rings is 1. The normalized spacial score (nSPS) is 13.7. The maximum atomic E-state index is 4.40. The molecule has 1 aromatic heterocycles. The Balaban J connectivity index is 2.75. The minimum atomic E-state index is 0.421. The fourth-order valence-electron chi connectivity index (χ4n) is 1.82. The van der Waals surface area contributed by atoms with Gasteiger partial charge in [-0.1, -0.05) is 13.8 Å². The molecule has 0 fully saturated rings. The molecule has 1 N–H and O–H groups in total. The maximum absolute atomic E-state index is 4.40. The van der Waals surface area contributed by atoms with Gasteiger partial charge >= 0.3 is 0 Å². The molecule has 4 nitrogen and oxygen atoms in total. The zero-order chi connectivity index (χ0) is 13.0. The van der Waals surface area contributed by atoms with E-state index in [4.69, 9.17) is 0 Å². The van der Waals surface area contributed by atoms with Crippen molar-refractivity contribution in [2.45, 2.75) is 39.8 Å². The highest BCUT2D eigenvalue weighted by atomic mass is 15.2. The number of likely N-dealkylation sites (N-methyl/N-ethyl adjacent to an activating group) is 1. The minimum absolute atomic E-state index is 0.421. The van der Waals surface area contributed by atoms with Crippen LogP contribution in [0.15, 0.2) is 12.4 Å². The van der Waals surface area contributed by atoms with Crippen LogP contribution in [0.3, 0.4) is 0 Å². The third-order valence-corrected chi connectivity index (χ3v) is 2.91. The first-order chi connectivity index (χ1) is 7.91. The number of anilines is 1. The first kappa shape index (κ1) is 14.0. The van der Waals surface area contributed by atoms with E-state index >= 15 is 0 Å². The lowest BCUT2D eigenvalue weighted by molar-refractivity contribution is 0.342. The fraction of sp³-hybridized carbons (Fsp3) is 0.769. The highest BCUT2D eigenvalue weighted by Gasteiger charge is 2.16. The van der Waals surface area contributed by atoms with E-state index in [2.05, 4.69) is 61.6 Å². The molecule has 0 spiro atoms. The van der Waals surface area contributed by atoms with Gasteiger partial charge in [0.1, 0.15) is 0 Å². The van der Waals surface area contributed by atoms with Gasteiger partial charge in [0.2, 0.25) is 5.95 Å². The predicted octanol–water partition coefficient (Wildman–Crippen LogP) is 2.46. The number of hydrogen-bond donors (Lipinski definition) is 1. The van der Waals surface area contributed by atoms with Crippen LogP contribution in [0.5, 0.6) is 0 Å². The molecule has 1 heterocycles. The van der Waals surface area contributed by atoms with Crippen molar-refractivity contribution in [1.82, 2.24) is 14.5 Å². The standard InChI is InChI=1S/C13H26N4/c1-10(2)12(9-16(5)6)15-13-14-7-8-17(13)11(3)4/h7-8,10-12H,9H2,1-6H3,(H,14,15). The smallest absolute Gasteiger partial charge is 0.203 e. The molecule has 1 unspecified atom stereocenters. The van der Waals surface area contributed by atoms with Crippen molar-refractivity contribution in [3.63, 3.8) is 0 Å². The highest BCUT2D eigenvalue weighted by Crippen LogP contribution is 2.16. The van der Waals surface area contributed by atoms with Gasteiger partial charge in [0.25, 0.3) is 0 Å². The van der Waals surface area contributed by atoms with Crippen LogP contribution in [0.25, 0.3) is 0 Å². The van der Waals surface area contributed by atoms with Crippen molar-refractivity contribution in [2.24, 2.45) is 5.92 Å². The van der Waals surface area contributed by atoms with Gasteiger partial charge in [0, 0.05) is 31.0 Å². The molecule has 0 bridgehead atoms. The van der Waals surface area contributed by atoms with Gasteiger partial charge in [-0.05, 0) is 33.9 Å². The summed E-state index contributed by atoms with van der Waals surface area (Å²) in [6.07, 6.45) is 3.88. The monoisotopic (exact) mass is 238 g/mol. The van der Waals surface area contributed by atoms with Crippen LogP contribution < -0.4 is 5.32 Å². The third kappa shape index (κ3) is 4.04. The molecule has 98 valence electrons. The lowest BCUT2D eigenvalue weighted by atomic mass is 10.0. The van der Waals surface area contributed by atoms with Crippen molar-refractivity contribution < 1.29 is 0 Å². The summed E-state index contributed by atoms with van der Waals surface area (Å²) in [6.45, 7) is 9.84. The topological polar surface area (TPSA) is 33.1 Å². The van der Waals surface area contributed by atoms with Gasteiger partial charge < -0.3 is 14.8 Å². The summed E-state index contributed by atoms with van der Waals surface area (Å²) in [7, 11) is 4.21. The van der Waals surface area contributed by atoms with Crippen molar-refractivity contribution in [3.8, 4) is 0 Å². The van der Waals surface area contributed by atoms with Gasteiger partial charge in [-0.2, -0.15) is 0 Å². The number of nitrogens with one attached hydrogen (secondary N) is 1. The average molecular weight is 238 g/mol. The Morgan fingerprint density at radius 1 is 1.29 bits per heavy atom. The lowest BCUT2D eigenvalue weighted by Gasteiger charge is -2.27. The Morgan fingerprint density at radius 3 is 2.41 bits per heavy atom. The maximum Gasteiger partial charge on any atom is 0.203 e. The zero-order valence-corrected chi connectivity index (χ0v) is 11.9. The van der Waals surface area contributed by atoms with Crippen molar-refractivity contribution in [2.75, 3.05) is 26.0 Å². The van der Waals surface area contributed by atoms with Gasteiger partial charge in [-0.3, -0.25) is 0 Å². The SMILES string of the molecule is CC(C)C(CN(C)C)Nc1nccn1C(C)C. The van der Waals surface area contributed by atoms with Crippen LogP contribution in [-0.2, 0) is 0 Å². The summed E-state index contributed by atoms with van der Waals surface area (Å²) in [6, 6.07) is 0.858. The average Bonchev–Trinajstić information content (AvgIpc) is 2.63. The van der Waals surface area contributed by atoms with E-state index < -0.39 is 0 Å². The summed E-state index contributed by atoms with van der Waals surface area (Å²) < 4.78 is 2.17. The van der Waals surface area contributed by atoms with Crippen LogP contribution >= 0.6 is 0 Å². The van der Waals surface area contributed by atoms with E-state index in [1.54, 1.807) is 0 Å². The molecule has 1 rings (SSSR count). The molecule has 0 radical (unpaired) electrons. The van der Waals surface area contributed by atoms with E-state index in [0.29, 0.717) is 18.0 Å². The summed E-state index contributed by atoms with van der Waals surface area (Å²) >= 11 is 0. The number of aromatic nitrogens is 2. The van der Waals surface area contributed by atoms with Crippen molar-refractivity contribution in [3.05, 3.63) is 12.4 Å². The largest absolute Gasteiger partial charge is 0.351 e. The molecular weight excluding hydrogens is 212 g/mol. The van der Waals surface area contributed by atoms with Gasteiger partial charge in [0.05, 0.1) is 0 Å². The molecule has 0 aliphatic heterocycles. The first-order valence-corrected chi connectivity index (χ1v) is 6.36. The fourth-order valence-corrected chi connectivity index (χ4v) is 1.82. The Bertz CT molecular complexity index is 328. The van der Waals surface area contributed by atoms with Crippen LogP contribution in [0, 0.1) is 5.92 Å². The minimum Gasteiger partial charge on any atom is -0.351 e.